The molecule has 0 radical (unpaired) electrons. The fourth-order valence-electron chi connectivity index (χ4n) is 1.98. The third-order valence-electron chi connectivity index (χ3n) is 2.81. The molecule has 84 valence electrons. The summed E-state index contributed by atoms with van der Waals surface area (Å²) in [7, 11) is 0. The number of Topliss-reactive ketones (excluding diaryl/α,β-unsaturated/α-hetero) is 2. The zero-order valence-electron chi connectivity index (χ0n) is 8.50. The highest BCUT2D eigenvalue weighted by Gasteiger charge is 2.30. The Morgan fingerprint density at radius 1 is 1.19 bits per heavy atom. The Kier molecular flexibility index (Phi) is 2.81. The van der Waals surface area contributed by atoms with Crippen molar-refractivity contribution in [2.45, 2.75) is 25.2 Å². The van der Waals surface area contributed by atoms with Crippen molar-refractivity contribution in [3.63, 3.8) is 0 Å². The van der Waals surface area contributed by atoms with Gasteiger partial charge >= 0.3 is 0 Å². The lowest BCUT2D eigenvalue weighted by Crippen LogP contribution is -2.24. The number of carbonyl (C=O) groups excluding carboxylic acids is 2. The van der Waals surface area contributed by atoms with Gasteiger partial charge in [-0.3, -0.25) is 9.59 Å². The maximum absolute atomic E-state index is 13.4. The van der Waals surface area contributed by atoms with Gasteiger partial charge < -0.3 is 0 Å². The van der Waals surface area contributed by atoms with Gasteiger partial charge in [0.05, 0.1) is 6.42 Å². The second-order valence-electron chi connectivity index (χ2n) is 3.94. The smallest absolute Gasteiger partial charge is 0.147 e. The van der Waals surface area contributed by atoms with Crippen LogP contribution in [0.15, 0.2) is 18.2 Å². The zero-order valence-corrected chi connectivity index (χ0v) is 8.50. The molecule has 4 heteroatoms. The molecule has 1 aromatic rings. The van der Waals surface area contributed by atoms with E-state index in [0.29, 0.717) is 0 Å². The summed E-state index contributed by atoms with van der Waals surface area (Å²) in [5.74, 6) is -2.28. The van der Waals surface area contributed by atoms with Crippen molar-refractivity contribution in [1.29, 1.82) is 0 Å². The summed E-state index contributed by atoms with van der Waals surface area (Å²) in [5, 5.41) is 0. The molecule has 1 aliphatic carbocycles. The molecule has 0 unspecified atom stereocenters. The van der Waals surface area contributed by atoms with Gasteiger partial charge in [-0.15, -0.1) is 0 Å². The van der Waals surface area contributed by atoms with Gasteiger partial charge in [0.1, 0.15) is 23.2 Å². The van der Waals surface area contributed by atoms with Crippen LogP contribution < -0.4 is 0 Å². The summed E-state index contributed by atoms with van der Waals surface area (Å²) >= 11 is 0. The van der Waals surface area contributed by atoms with Gasteiger partial charge in [-0.05, 0) is 24.6 Å². The number of hydrogen-bond acceptors (Lipinski definition) is 2. The molecule has 0 bridgehead atoms. The lowest BCUT2D eigenvalue weighted by molar-refractivity contribution is -0.130. The minimum atomic E-state index is -0.673. The van der Waals surface area contributed by atoms with Crippen molar-refractivity contribution in [3.05, 3.63) is 35.4 Å². The third-order valence-corrected chi connectivity index (χ3v) is 2.81. The van der Waals surface area contributed by atoms with Gasteiger partial charge in [0.25, 0.3) is 0 Å². The standard InChI is InChI=1S/C12H10F2O2/c13-7-1-4-11(14)10(5-7)9-3-2-8(15)6-12(9)16/h1,4-5,9H,2-3,6H2/t9-/m0/s1. The maximum atomic E-state index is 13.4. The molecule has 2 rings (SSSR count). The van der Waals surface area contributed by atoms with Gasteiger partial charge in [0.15, 0.2) is 0 Å². The van der Waals surface area contributed by atoms with E-state index in [0.717, 1.165) is 18.2 Å². The second-order valence-corrected chi connectivity index (χ2v) is 3.94. The van der Waals surface area contributed by atoms with E-state index in [1.54, 1.807) is 0 Å². The molecule has 0 aliphatic heterocycles. The Morgan fingerprint density at radius 2 is 1.94 bits per heavy atom. The fourth-order valence-corrected chi connectivity index (χ4v) is 1.98. The summed E-state index contributed by atoms with van der Waals surface area (Å²) in [6.45, 7) is 0. The Bertz CT molecular complexity index is 454. The van der Waals surface area contributed by atoms with Crippen molar-refractivity contribution in [2.24, 2.45) is 0 Å². The minimum absolute atomic E-state index is 0.0671. The number of halogens is 2. The van der Waals surface area contributed by atoms with Crippen molar-refractivity contribution >= 4 is 11.6 Å². The van der Waals surface area contributed by atoms with Crippen LogP contribution in [0.2, 0.25) is 0 Å². The van der Waals surface area contributed by atoms with E-state index in [4.69, 9.17) is 0 Å². The molecule has 0 spiro atoms. The molecular weight excluding hydrogens is 214 g/mol. The second kappa shape index (κ2) is 4.12. The molecule has 1 aliphatic rings. The van der Waals surface area contributed by atoms with Crippen molar-refractivity contribution in [2.75, 3.05) is 0 Å². The van der Waals surface area contributed by atoms with E-state index in [1.165, 1.54) is 0 Å². The molecule has 0 saturated heterocycles. The Balaban J connectivity index is 2.33. The van der Waals surface area contributed by atoms with Crippen LogP contribution in [-0.2, 0) is 9.59 Å². The predicted molar refractivity (Wildman–Crippen MR) is 53.0 cm³/mol. The molecule has 1 fully saturated rings. The topological polar surface area (TPSA) is 34.1 Å². The molecule has 0 N–H and O–H groups in total. The van der Waals surface area contributed by atoms with E-state index in [1.807, 2.05) is 0 Å². The average molecular weight is 224 g/mol. The number of rotatable bonds is 1. The Morgan fingerprint density at radius 3 is 2.62 bits per heavy atom. The highest BCUT2D eigenvalue weighted by Crippen LogP contribution is 2.30. The van der Waals surface area contributed by atoms with Crippen LogP contribution in [-0.4, -0.2) is 11.6 Å². The van der Waals surface area contributed by atoms with E-state index in [-0.39, 0.29) is 36.4 Å². The predicted octanol–water partition coefficient (Wildman–Crippen LogP) is 2.37. The third kappa shape index (κ3) is 2.01. The minimum Gasteiger partial charge on any atom is -0.299 e. The summed E-state index contributed by atoms with van der Waals surface area (Å²) in [6.07, 6.45) is 0.366. The molecular formula is C12H10F2O2. The molecule has 1 saturated carbocycles. The lowest BCUT2D eigenvalue weighted by Gasteiger charge is -2.20. The Labute approximate surface area is 91.3 Å². The van der Waals surface area contributed by atoms with E-state index in [2.05, 4.69) is 0 Å². The SMILES string of the molecule is O=C1CC[C@@H](c2cc(F)ccc2F)C(=O)C1. The largest absolute Gasteiger partial charge is 0.299 e. The van der Waals surface area contributed by atoms with Crippen LogP contribution in [0.4, 0.5) is 8.78 Å². The van der Waals surface area contributed by atoms with Crippen LogP contribution in [0.1, 0.15) is 30.7 Å². The molecule has 16 heavy (non-hydrogen) atoms. The summed E-state index contributed by atoms with van der Waals surface area (Å²) in [6, 6.07) is 3.05. The number of hydrogen-bond donors (Lipinski definition) is 0. The number of ketones is 2. The molecule has 2 nitrogen and oxygen atoms in total. The Hall–Kier alpha value is -1.58. The summed E-state index contributed by atoms with van der Waals surface area (Å²) in [5.41, 5.74) is 0.0671. The van der Waals surface area contributed by atoms with Crippen LogP contribution in [0.5, 0.6) is 0 Å². The molecule has 1 aromatic carbocycles. The highest BCUT2D eigenvalue weighted by atomic mass is 19.1. The fraction of sp³-hybridized carbons (Fsp3) is 0.333. The van der Waals surface area contributed by atoms with Crippen molar-refractivity contribution < 1.29 is 18.4 Å². The van der Waals surface area contributed by atoms with Gasteiger partial charge in [-0.25, -0.2) is 8.78 Å². The first kappa shape index (κ1) is 10.9. The van der Waals surface area contributed by atoms with Crippen LogP contribution in [0, 0.1) is 11.6 Å². The van der Waals surface area contributed by atoms with Gasteiger partial charge in [-0.2, -0.15) is 0 Å². The van der Waals surface area contributed by atoms with E-state index < -0.39 is 17.6 Å². The van der Waals surface area contributed by atoms with E-state index >= 15 is 0 Å². The average Bonchev–Trinajstić information content (AvgIpc) is 2.22. The number of carbonyl (C=O) groups is 2. The highest BCUT2D eigenvalue weighted by molar-refractivity contribution is 6.04. The first-order chi connectivity index (χ1) is 7.58. The lowest BCUT2D eigenvalue weighted by atomic mass is 9.82. The zero-order chi connectivity index (χ0) is 11.7. The molecule has 1 atom stereocenters. The first-order valence-electron chi connectivity index (χ1n) is 5.07. The summed E-state index contributed by atoms with van der Waals surface area (Å²) in [4.78, 5) is 22.6. The molecule has 0 aromatic heterocycles. The van der Waals surface area contributed by atoms with Gasteiger partial charge in [-0.1, -0.05) is 0 Å². The van der Waals surface area contributed by atoms with Crippen molar-refractivity contribution in [3.8, 4) is 0 Å². The maximum Gasteiger partial charge on any atom is 0.147 e. The first-order valence-corrected chi connectivity index (χ1v) is 5.07. The quantitative estimate of drug-likeness (QED) is 0.686. The normalized spacial score (nSPS) is 21.2. The summed E-state index contributed by atoms with van der Waals surface area (Å²) < 4.78 is 26.4. The molecule has 0 amide bonds. The van der Waals surface area contributed by atoms with Crippen molar-refractivity contribution in [1.82, 2.24) is 0 Å². The van der Waals surface area contributed by atoms with Gasteiger partial charge in [0.2, 0.25) is 0 Å². The van der Waals surface area contributed by atoms with E-state index in [9.17, 15) is 18.4 Å². The molecule has 0 heterocycles. The van der Waals surface area contributed by atoms with Crippen LogP contribution in [0.3, 0.4) is 0 Å². The monoisotopic (exact) mass is 224 g/mol. The van der Waals surface area contributed by atoms with Gasteiger partial charge in [0, 0.05) is 17.9 Å². The number of benzene rings is 1. The van der Waals surface area contributed by atoms with Crippen LogP contribution in [0.25, 0.3) is 0 Å². The van der Waals surface area contributed by atoms with Crippen LogP contribution >= 0.6 is 0 Å².